The molecule has 1 atom stereocenters. The zero-order chi connectivity index (χ0) is 25.4. The van der Waals surface area contributed by atoms with E-state index in [1.807, 2.05) is 24.3 Å². The minimum Gasteiger partial charge on any atom is -0.395 e. The summed E-state index contributed by atoms with van der Waals surface area (Å²) in [6.45, 7) is 1.40. The minimum atomic E-state index is -3.77. The molecule has 4 rings (SSSR count). The summed E-state index contributed by atoms with van der Waals surface area (Å²) in [4.78, 5) is 29.0. The summed E-state index contributed by atoms with van der Waals surface area (Å²) in [7, 11) is -3.77. The zero-order valence-electron chi connectivity index (χ0n) is 19.6. The van der Waals surface area contributed by atoms with Crippen molar-refractivity contribution >= 4 is 26.6 Å². The highest BCUT2D eigenvalue weighted by molar-refractivity contribution is 7.92. The van der Waals surface area contributed by atoms with Crippen LogP contribution in [0.1, 0.15) is 42.9 Å². The third-order valence-electron chi connectivity index (χ3n) is 7.00. The Morgan fingerprint density at radius 2 is 1.80 bits per heavy atom. The Morgan fingerprint density at radius 1 is 1.17 bits per heavy atom. The highest BCUT2D eigenvalue weighted by Crippen LogP contribution is 2.47. The molecule has 1 aromatic heterocycles. The van der Waals surface area contributed by atoms with Crippen LogP contribution in [0.2, 0.25) is 0 Å². The number of carbonyl (C=O) groups excluding carboxylic acids is 1. The number of sulfone groups is 1. The van der Waals surface area contributed by atoms with Gasteiger partial charge in [-0.3, -0.25) is 14.2 Å². The number of nitrogens with two attached hydrogens (primary N) is 1. The molecule has 1 saturated carbocycles. The fraction of sp³-hybridized carbons (Fsp3) is 0.346. The lowest BCUT2D eigenvalue weighted by molar-refractivity contribution is -0.120. The van der Waals surface area contributed by atoms with Crippen molar-refractivity contribution in [3.8, 4) is 11.8 Å². The summed E-state index contributed by atoms with van der Waals surface area (Å²) in [6, 6.07) is 13.0. The number of aliphatic hydroxyl groups is 1. The molecule has 0 saturated heterocycles. The monoisotopic (exact) mass is 493 g/mol. The Hall–Kier alpha value is -3.48. The van der Waals surface area contributed by atoms with Gasteiger partial charge in [0.25, 0.3) is 5.56 Å². The summed E-state index contributed by atoms with van der Waals surface area (Å²) < 4.78 is 23.6. The second kappa shape index (κ2) is 8.95. The molecule has 1 amide bonds. The van der Waals surface area contributed by atoms with Gasteiger partial charge >= 0.3 is 0 Å². The van der Waals surface area contributed by atoms with E-state index in [1.54, 1.807) is 18.2 Å². The van der Waals surface area contributed by atoms with Crippen LogP contribution in [0.5, 0.6) is 0 Å². The van der Waals surface area contributed by atoms with E-state index in [2.05, 4.69) is 16.8 Å². The Morgan fingerprint density at radius 3 is 2.37 bits per heavy atom. The fourth-order valence-corrected chi connectivity index (χ4v) is 4.79. The van der Waals surface area contributed by atoms with Gasteiger partial charge < -0.3 is 10.8 Å². The lowest BCUT2D eigenvalue weighted by atomic mass is 9.96. The molecule has 9 heteroatoms. The number of hydrogen-bond acceptors (Lipinski definition) is 6. The zero-order valence-corrected chi connectivity index (χ0v) is 20.4. The van der Waals surface area contributed by atoms with Crippen molar-refractivity contribution in [1.82, 2.24) is 9.55 Å². The molecule has 35 heavy (non-hydrogen) atoms. The summed E-state index contributed by atoms with van der Waals surface area (Å²) in [5, 5.41) is 9.94. The normalized spacial score (nSPS) is 16.2. The van der Waals surface area contributed by atoms with Gasteiger partial charge in [0.2, 0.25) is 5.91 Å². The first-order valence-corrected chi connectivity index (χ1v) is 13.1. The maximum absolute atomic E-state index is 12.9. The summed E-state index contributed by atoms with van der Waals surface area (Å²) >= 11 is 0. The predicted octanol–water partition coefficient (Wildman–Crippen LogP) is 1.50. The van der Waals surface area contributed by atoms with Gasteiger partial charge in [-0.05, 0) is 62.1 Å². The first-order valence-electron chi connectivity index (χ1n) is 11.2. The molecular weight excluding hydrogens is 466 g/mol. The number of aromatic nitrogens is 2. The molecular formula is C26H27N3O5S. The molecule has 1 heterocycles. The SMILES string of the molecule is CC(CCn1cnc2cc(C#Cc3ccc(C4(CO)CC4)cc3)ccc2c1=O)(C(N)=O)S(C)(=O)=O. The van der Waals surface area contributed by atoms with E-state index in [-0.39, 0.29) is 30.5 Å². The highest BCUT2D eigenvalue weighted by atomic mass is 32.2. The number of aliphatic hydroxyl groups excluding tert-OH is 1. The van der Waals surface area contributed by atoms with E-state index < -0.39 is 20.5 Å². The third-order valence-corrected chi connectivity index (χ3v) is 9.04. The van der Waals surface area contributed by atoms with E-state index >= 15 is 0 Å². The second-order valence-corrected chi connectivity index (χ2v) is 11.8. The van der Waals surface area contributed by atoms with E-state index in [0.717, 1.165) is 30.2 Å². The molecule has 1 fully saturated rings. The van der Waals surface area contributed by atoms with Crippen molar-refractivity contribution in [2.24, 2.45) is 5.73 Å². The van der Waals surface area contributed by atoms with Crippen LogP contribution >= 0.6 is 0 Å². The van der Waals surface area contributed by atoms with E-state index in [1.165, 1.54) is 17.8 Å². The molecule has 0 spiro atoms. The van der Waals surface area contributed by atoms with Gasteiger partial charge in [-0.25, -0.2) is 13.4 Å². The number of benzene rings is 2. The average Bonchev–Trinajstić information content (AvgIpc) is 3.63. The van der Waals surface area contributed by atoms with Crippen molar-refractivity contribution in [3.63, 3.8) is 0 Å². The molecule has 0 bridgehead atoms. The Kier molecular flexibility index (Phi) is 6.30. The van der Waals surface area contributed by atoms with Crippen molar-refractivity contribution in [1.29, 1.82) is 0 Å². The summed E-state index contributed by atoms with van der Waals surface area (Å²) in [6.07, 6.45) is 4.15. The Bertz CT molecular complexity index is 1530. The lowest BCUT2D eigenvalue weighted by Crippen LogP contribution is -2.48. The number of amides is 1. The van der Waals surface area contributed by atoms with Gasteiger partial charge in [0.15, 0.2) is 9.84 Å². The van der Waals surface area contributed by atoms with Gasteiger partial charge in [0.05, 0.1) is 23.8 Å². The highest BCUT2D eigenvalue weighted by Gasteiger charge is 2.43. The van der Waals surface area contributed by atoms with Gasteiger partial charge in [0.1, 0.15) is 4.75 Å². The average molecular weight is 494 g/mol. The van der Waals surface area contributed by atoms with Gasteiger partial charge in [0, 0.05) is 29.3 Å². The van der Waals surface area contributed by atoms with Gasteiger partial charge in [-0.15, -0.1) is 0 Å². The number of hydrogen-bond donors (Lipinski definition) is 2. The van der Waals surface area contributed by atoms with Crippen molar-refractivity contribution < 1.29 is 18.3 Å². The maximum Gasteiger partial charge on any atom is 0.261 e. The van der Waals surface area contributed by atoms with Crippen LogP contribution in [0, 0.1) is 11.8 Å². The van der Waals surface area contributed by atoms with Gasteiger partial charge in [-0.1, -0.05) is 24.0 Å². The minimum absolute atomic E-state index is 0.0244. The first kappa shape index (κ1) is 24.6. The molecule has 3 aromatic rings. The number of aryl methyl sites for hydroxylation is 1. The standard InChI is InChI=1S/C26H27N3O5S/c1-25(24(27)32,35(2,33)34)13-14-29-17-28-22-15-19(7-10-21(22)23(29)31)4-3-18-5-8-20(9-6-18)26(16-30)11-12-26/h5-10,15,17,30H,11-14,16H2,1-2H3,(H2,27,32). The van der Waals surface area contributed by atoms with Crippen LogP contribution in [0.15, 0.2) is 53.6 Å². The fourth-order valence-electron chi connectivity index (χ4n) is 3.96. The van der Waals surface area contributed by atoms with Crippen LogP contribution in [-0.4, -0.2) is 46.6 Å². The molecule has 0 aliphatic heterocycles. The smallest absolute Gasteiger partial charge is 0.261 e. The van der Waals surface area contributed by atoms with Gasteiger partial charge in [-0.2, -0.15) is 0 Å². The first-order chi connectivity index (χ1) is 16.5. The summed E-state index contributed by atoms with van der Waals surface area (Å²) in [5.74, 6) is 5.23. The molecule has 1 aliphatic carbocycles. The van der Waals surface area contributed by atoms with Crippen molar-refractivity contribution in [2.45, 2.75) is 42.9 Å². The topological polar surface area (TPSA) is 132 Å². The van der Waals surface area contributed by atoms with Crippen LogP contribution in [0.4, 0.5) is 0 Å². The number of carbonyl (C=O) groups is 1. The molecule has 1 aliphatic rings. The quantitative estimate of drug-likeness (QED) is 0.480. The predicted molar refractivity (Wildman–Crippen MR) is 133 cm³/mol. The molecule has 8 nitrogen and oxygen atoms in total. The van der Waals surface area contributed by atoms with E-state index in [0.29, 0.717) is 16.5 Å². The molecule has 182 valence electrons. The largest absolute Gasteiger partial charge is 0.395 e. The van der Waals surface area contributed by atoms with Crippen LogP contribution in [0.3, 0.4) is 0 Å². The number of nitrogens with zero attached hydrogens (tertiary/aromatic N) is 2. The number of fused-ring (bicyclic) bond motifs is 1. The molecule has 3 N–H and O–H groups in total. The van der Waals surface area contributed by atoms with Crippen LogP contribution in [0.25, 0.3) is 10.9 Å². The third kappa shape index (κ3) is 4.72. The number of primary amides is 1. The van der Waals surface area contributed by atoms with E-state index in [9.17, 15) is 23.1 Å². The van der Waals surface area contributed by atoms with Crippen LogP contribution < -0.4 is 11.3 Å². The second-order valence-electron chi connectivity index (χ2n) is 9.36. The molecule has 0 radical (unpaired) electrons. The van der Waals surface area contributed by atoms with Crippen molar-refractivity contribution in [2.75, 3.05) is 12.9 Å². The number of rotatable bonds is 7. The Labute approximate surface area is 203 Å². The van der Waals surface area contributed by atoms with E-state index in [4.69, 9.17) is 5.73 Å². The molecule has 2 aromatic carbocycles. The van der Waals surface area contributed by atoms with Crippen molar-refractivity contribution in [3.05, 3.63) is 75.8 Å². The van der Waals surface area contributed by atoms with Crippen LogP contribution in [-0.2, 0) is 26.6 Å². The lowest BCUT2D eigenvalue weighted by Gasteiger charge is -2.24. The maximum atomic E-state index is 12.9. The summed E-state index contributed by atoms with van der Waals surface area (Å²) in [5.41, 5.74) is 8.04. The Balaban J connectivity index is 1.54. The molecule has 1 unspecified atom stereocenters.